The van der Waals surface area contributed by atoms with Crippen LogP contribution in [0.1, 0.15) is 23.0 Å². The number of aromatic nitrogens is 2. The van der Waals surface area contributed by atoms with Gasteiger partial charge in [0, 0.05) is 22.9 Å². The fourth-order valence-corrected chi connectivity index (χ4v) is 1.82. The first kappa shape index (κ1) is 15.2. The zero-order valence-electron chi connectivity index (χ0n) is 11.3. The van der Waals surface area contributed by atoms with Crippen molar-refractivity contribution in [1.29, 1.82) is 0 Å². The summed E-state index contributed by atoms with van der Waals surface area (Å²) in [5.41, 5.74) is 0.251. The van der Waals surface area contributed by atoms with E-state index in [1.54, 1.807) is 25.3 Å². The Morgan fingerprint density at radius 2 is 2.14 bits per heavy atom. The van der Waals surface area contributed by atoms with E-state index in [0.29, 0.717) is 10.2 Å². The minimum atomic E-state index is -0.978. The summed E-state index contributed by atoms with van der Waals surface area (Å²) in [7, 11) is 0. The third kappa shape index (κ3) is 4.12. The molecule has 0 aliphatic rings. The van der Waals surface area contributed by atoms with Gasteiger partial charge >= 0.3 is 5.97 Å². The molecule has 110 valence electrons. The van der Waals surface area contributed by atoms with Gasteiger partial charge in [0.15, 0.2) is 11.9 Å². The molecule has 7 nitrogen and oxygen atoms in total. The number of hydrogen-bond donors (Lipinski definition) is 1. The predicted octanol–water partition coefficient (Wildman–Crippen LogP) is 2.32. The van der Waals surface area contributed by atoms with Gasteiger partial charge in [0.05, 0.1) is 5.56 Å². The second kappa shape index (κ2) is 6.49. The maximum Gasteiger partial charge on any atom is 0.340 e. The average Bonchev–Trinajstić information content (AvgIpc) is 2.84. The van der Waals surface area contributed by atoms with Crippen LogP contribution in [0.5, 0.6) is 0 Å². The third-order valence-corrected chi connectivity index (χ3v) is 2.91. The minimum absolute atomic E-state index is 0.251. The van der Waals surface area contributed by atoms with E-state index in [1.165, 1.54) is 13.1 Å². The van der Waals surface area contributed by atoms with Crippen LogP contribution in [0.15, 0.2) is 33.5 Å². The van der Waals surface area contributed by atoms with Crippen molar-refractivity contribution in [1.82, 2.24) is 10.1 Å². The van der Waals surface area contributed by atoms with Gasteiger partial charge in [0.2, 0.25) is 0 Å². The van der Waals surface area contributed by atoms with Gasteiger partial charge in [-0.15, -0.1) is 0 Å². The molecule has 1 atom stereocenters. The lowest BCUT2D eigenvalue weighted by molar-refractivity contribution is -0.123. The molecule has 0 spiro atoms. The molecule has 2 rings (SSSR count). The standard InChI is InChI=1S/C13H12BrN3O4/c1-7-3-11(17-21-7)16-12(18)8(2)20-13(19)9-4-10(14)6-15-5-9/h3-6,8H,1-2H3,(H,16,17,18)/t8-/m1/s1. The first-order valence-electron chi connectivity index (χ1n) is 6.01. The number of carbonyl (C=O) groups is 2. The quantitative estimate of drug-likeness (QED) is 0.847. The largest absolute Gasteiger partial charge is 0.449 e. The summed E-state index contributed by atoms with van der Waals surface area (Å²) in [5.74, 6) is -0.304. The predicted molar refractivity (Wildman–Crippen MR) is 76.7 cm³/mol. The molecule has 2 aromatic heterocycles. The number of halogens is 1. The zero-order valence-corrected chi connectivity index (χ0v) is 12.9. The SMILES string of the molecule is Cc1cc(NC(=O)[C@@H](C)OC(=O)c2cncc(Br)c2)no1. The molecule has 0 saturated heterocycles. The highest BCUT2D eigenvalue weighted by atomic mass is 79.9. The number of aryl methyl sites for hydroxylation is 1. The van der Waals surface area contributed by atoms with Gasteiger partial charge < -0.3 is 14.6 Å². The van der Waals surface area contributed by atoms with Crippen LogP contribution >= 0.6 is 15.9 Å². The third-order valence-electron chi connectivity index (χ3n) is 2.47. The minimum Gasteiger partial charge on any atom is -0.449 e. The van der Waals surface area contributed by atoms with E-state index in [1.807, 2.05) is 0 Å². The molecule has 0 aromatic carbocycles. The summed E-state index contributed by atoms with van der Waals surface area (Å²) >= 11 is 3.20. The summed E-state index contributed by atoms with van der Waals surface area (Å²) < 4.78 is 10.5. The molecule has 0 fully saturated rings. The van der Waals surface area contributed by atoms with Crippen LogP contribution < -0.4 is 5.32 Å². The molecule has 0 bridgehead atoms. The Balaban J connectivity index is 1.95. The van der Waals surface area contributed by atoms with Crippen LogP contribution in [-0.4, -0.2) is 28.1 Å². The average molecular weight is 354 g/mol. The van der Waals surface area contributed by atoms with Gasteiger partial charge in [-0.1, -0.05) is 5.16 Å². The zero-order chi connectivity index (χ0) is 15.4. The van der Waals surface area contributed by atoms with Gasteiger partial charge in [-0.2, -0.15) is 0 Å². The summed E-state index contributed by atoms with van der Waals surface area (Å²) in [5, 5.41) is 6.11. The van der Waals surface area contributed by atoms with Crippen molar-refractivity contribution < 1.29 is 18.8 Å². The summed E-state index contributed by atoms with van der Waals surface area (Å²) in [4.78, 5) is 27.6. The van der Waals surface area contributed by atoms with Crippen molar-refractivity contribution in [3.63, 3.8) is 0 Å². The molecule has 0 aliphatic heterocycles. The molecule has 2 aromatic rings. The maximum atomic E-state index is 11.9. The fourth-order valence-electron chi connectivity index (χ4n) is 1.46. The van der Waals surface area contributed by atoms with Crippen molar-refractivity contribution in [2.75, 3.05) is 5.32 Å². The van der Waals surface area contributed by atoms with E-state index in [4.69, 9.17) is 9.26 Å². The highest BCUT2D eigenvalue weighted by Crippen LogP contribution is 2.12. The van der Waals surface area contributed by atoms with Gasteiger partial charge in [0.1, 0.15) is 5.76 Å². The molecule has 0 radical (unpaired) electrons. The van der Waals surface area contributed by atoms with E-state index in [0.717, 1.165) is 0 Å². The first-order valence-corrected chi connectivity index (χ1v) is 6.80. The van der Waals surface area contributed by atoms with Crippen LogP contribution in [0.3, 0.4) is 0 Å². The number of carbonyl (C=O) groups excluding carboxylic acids is 2. The number of rotatable bonds is 4. The van der Waals surface area contributed by atoms with Crippen molar-refractivity contribution in [2.24, 2.45) is 0 Å². The Morgan fingerprint density at radius 1 is 1.38 bits per heavy atom. The van der Waals surface area contributed by atoms with Crippen LogP contribution in [0.25, 0.3) is 0 Å². The lowest BCUT2D eigenvalue weighted by Gasteiger charge is -2.12. The van der Waals surface area contributed by atoms with Crippen LogP contribution in [-0.2, 0) is 9.53 Å². The molecule has 0 saturated carbocycles. The van der Waals surface area contributed by atoms with Crippen LogP contribution in [0.2, 0.25) is 0 Å². The van der Waals surface area contributed by atoms with Gasteiger partial charge in [-0.25, -0.2) is 4.79 Å². The van der Waals surface area contributed by atoms with Crippen molar-refractivity contribution in [3.8, 4) is 0 Å². The van der Waals surface area contributed by atoms with E-state index in [2.05, 4.69) is 31.4 Å². The normalized spacial score (nSPS) is 11.8. The molecule has 8 heteroatoms. The smallest absolute Gasteiger partial charge is 0.340 e. The summed E-state index contributed by atoms with van der Waals surface area (Å²) in [6.45, 7) is 3.16. The Morgan fingerprint density at radius 3 is 2.76 bits per heavy atom. The molecule has 1 amide bonds. The Bertz CT molecular complexity index is 671. The van der Waals surface area contributed by atoms with Gasteiger partial charge in [-0.05, 0) is 35.8 Å². The topological polar surface area (TPSA) is 94.3 Å². The summed E-state index contributed by atoms with van der Waals surface area (Å²) in [6, 6.07) is 3.12. The maximum absolute atomic E-state index is 11.9. The molecule has 0 unspecified atom stereocenters. The number of pyridine rings is 1. The van der Waals surface area contributed by atoms with E-state index < -0.39 is 18.0 Å². The Labute approximate surface area is 128 Å². The number of hydrogen-bond acceptors (Lipinski definition) is 6. The van der Waals surface area contributed by atoms with Crippen molar-refractivity contribution >= 4 is 33.6 Å². The second-order valence-electron chi connectivity index (χ2n) is 4.25. The number of anilines is 1. The lowest BCUT2D eigenvalue weighted by atomic mass is 10.3. The van der Waals surface area contributed by atoms with Crippen LogP contribution in [0.4, 0.5) is 5.82 Å². The highest BCUT2D eigenvalue weighted by Gasteiger charge is 2.20. The monoisotopic (exact) mass is 353 g/mol. The van der Waals surface area contributed by atoms with Crippen LogP contribution in [0, 0.1) is 6.92 Å². The van der Waals surface area contributed by atoms with Gasteiger partial charge in [-0.3, -0.25) is 9.78 Å². The van der Waals surface area contributed by atoms with E-state index in [9.17, 15) is 9.59 Å². The number of amides is 1. The molecule has 0 aliphatic carbocycles. The number of esters is 1. The molecule has 1 N–H and O–H groups in total. The molecule has 21 heavy (non-hydrogen) atoms. The number of nitrogens with one attached hydrogen (secondary N) is 1. The lowest BCUT2D eigenvalue weighted by Crippen LogP contribution is -2.30. The number of ether oxygens (including phenoxy) is 1. The fraction of sp³-hybridized carbons (Fsp3) is 0.231. The highest BCUT2D eigenvalue weighted by molar-refractivity contribution is 9.10. The summed E-state index contributed by atoms with van der Waals surface area (Å²) in [6.07, 6.45) is 1.92. The Hall–Kier alpha value is -2.22. The Kier molecular flexibility index (Phi) is 4.69. The van der Waals surface area contributed by atoms with Gasteiger partial charge in [0.25, 0.3) is 5.91 Å². The van der Waals surface area contributed by atoms with E-state index >= 15 is 0 Å². The molecular formula is C13H12BrN3O4. The molecular weight excluding hydrogens is 342 g/mol. The second-order valence-corrected chi connectivity index (χ2v) is 5.17. The molecule has 2 heterocycles. The van der Waals surface area contributed by atoms with E-state index in [-0.39, 0.29) is 11.4 Å². The first-order chi connectivity index (χ1) is 9.95. The van der Waals surface area contributed by atoms with Crippen molar-refractivity contribution in [2.45, 2.75) is 20.0 Å². The van der Waals surface area contributed by atoms with Crippen molar-refractivity contribution in [3.05, 3.63) is 40.3 Å². The number of nitrogens with zero attached hydrogens (tertiary/aromatic N) is 2.